The van der Waals surface area contributed by atoms with E-state index < -0.39 is 0 Å². The highest BCUT2D eigenvalue weighted by Gasteiger charge is 2.25. The molecule has 0 aromatic heterocycles. The number of rotatable bonds is 4. The smallest absolute Gasteiger partial charge is 0.227 e. The van der Waals surface area contributed by atoms with E-state index in [1.54, 1.807) is 0 Å². The average Bonchev–Trinajstić information content (AvgIpc) is 2.46. The predicted molar refractivity (Wildman–Crippen MR) is 73.2 cm³/mol. The lowest BCUT2D eigenvalue weighted by atomic mass is 9.82. The zero-order valence-corrected chi connectivity index (χ0v) is 10.8. The summed E-state index contributed by atoms with van der Waals surface area (Å²) in [7, 11) is 0. The Kier molecular flexibility index (Phi) is 4.39. The molecule has 0 saturated heterocycles. The highest BCUT2D eigenvalue weighted by Crippen LogP contribution is 2.31. The fourth-order valence-corrected chi connectivity index (χ4v) is 2.51. The molecule has 1 aromatic rings. The number of hydrogen-bond acceptors (Lipinski definition) is 3. The molecule has 5 heteroatoms. The molecule has 1 aliphatic carbocycles. The number of carbonyl (C=O) groups is 1. The number of oxime groups is 1. The summed E-state index contributed by atoms with van der Waals surface area (Å²) in [6.07, 6.45) is 3.32. The van der Waals surface area contributed by atoms with Crippen LogP contribution in [-0.4, -0.2) is 23.5 Å². The summed E-state index contributed by atoms with van der Waals surface area (Å²) in [5.74, 6) is 0.0828. The molecular formula is C14H19N3O2. The Morgan fingerprint density at radius 3 is 3.05 bits per heavy atom. The molecule has 0 bridgehead atoms. The summed E-state index contributed by atoms with van der Waals surface area (Å²) in [5.41, 5.74) is 7.77. The van der Waals surface area contributed by atoms with E-state index in [0.717, 1.165) is 24.8 Å². The van der Waals surface area contributed by atoms with Gasteiger partial charge in [0, 0.05) is 13.0 Å². The van der Waals surface area contributed by atoms with Gasteiger partial charge in [0.1, 0.15) is 5.84 Å². The van der Waals surface area contributed by atoms with Crippen LogP contribution >= 0.6 is 0 Å². The van der Waals surface area contributed by atoms with E-state index in [4.69, 9.17) is 10.9 Å². The van der Waals surface area contributed by atoms with Crippen molar-refractivity contribution in [3.8, 4) is 0 Å². The Morgan fingerprint density at radius 1 is 1.47 bits per heavy atom. The number of amides is 1. The summed E-state index contributed by atoms with van der Waals surface area (Å²) >= 11 is 0. The van der Waals surface area contributed by atoms with Gasteiger partial charge in [-0.2, -0.15) is 0 Å². The molecule has 1 aliphatic rings. The first kappa shape index (κ1) is 13.4. The Morgan fingerprint density at radius 2 is 2.26 bits per heavy atom. The largest absolute Gasteiger partial charge is 0.409 e. The number of carbonyl (C=O) groups excluding carboxylic acids is 1. The van der Waals surface area contributed by atoms with Gasteiger partial charge in [-0.05, 0) is 30.4 Å². The number of nitrogens with zero attached hydrogens (tertiary/aromatic N) is 1. The first-order chi connectivity index (χ1) is 9.22. The van der Waals surface area contributed by atoms with Gasteiger partial charge >= 0.3 is 0 Å². The van der Waals surface area contributed by atoms with Gasteiger partial charge in [0.2, 0.25) is 5.91 Å². The molecule has 1 amide bonds. The van der Waals surface area contributed by atoms with Gasteiger partial charge in [0.15, 0.2) is 0 Å². The van der Waals surface area contributed by atoms with E-state index in [9.17, 15) is 4.79 Å². The minimum Gasteiger partial charge on any atom is -0.409 e. The van der Waals surface area contributed by atoms with Crippen LogP contribution in [0.5, 0.6) is 0 Å². The molecule has 0 radical (unpaired) electrons. The van der Waals surface area contributed by atoms with Crippen molar-refractivity contribution in [1.29, 1.82) is 0 Å². The topological polar surface area (TPSA) is 87.7 Å². The third kappa shape index (κ3) is 3.24. The molecule has 4 N–H and O–H groups in total. The van der Waals surface area contributed by atoms with Crippen molar-refractivity contribution in [2.45, 2.75) is 31.6 Å². The van der Waals surface area contributed by atoms with E-state index in [2.05, 4.69) is 16.5 Å². The zero-order chi connectivity index (χ0) is 13.7. The highest BCUT2D eigenvalue weighted by molar-refractivity contribution is 5.85. The van der Waals surface area contributed by atoms with Crippen LogP contribution in [0.15, 0.2) is 29.4 Å². The minimum absolute atomic E-state index is 0.0258. The molecule has 0 fully saturated rings. The molecule has 0 saturated carbocycles. The van der Waals surface area contributed by atoms with E-state index in [1.807, 2.05) is 18.2 Å². The lowest BCUT2D eigenvalue weighted by Gasteiger charge is -2.24. The van der Waals surface area contributed by atoms with Gasteiger partial charge in [0.25, 0.3) is 0 Å². The maximum absolute atomic E-state index is 12.2. The monoisotopic (exact) mass is 261 g/mol. The maximum atomic E-state index is 12.2. The number of nitrogens with one attached hydrogen (secondary N) is 1. The predicted octanol–water partition coefficient (Wildman–Crippen LogP) is 1.36. The van der Waals surface area contributed by atoms with Gasteiger partial charge < -0.3 is 16.3 Å². The normalized spacial score (nSPS) is 18.7. The van der Waals surface area contributed by atoms with E-state index >= 15 is 0 Å². The van der Waals surface area contributed by atoms with Crippen molar-refractivity contribution in [1.82, 2.24) is 5.32 Å². The van der Waals surface area contributed by atoms with Crippen molar-refractivity contribution in [2.24, 2.45) is 10.9 Å². The second kappa shape index (κ2) is 6.22. The molecule has 1 aromatic carbocycles. The highest BCUT2D eigenvalue weighted by atomic mass is 16.4. The fraction of sp³-hybridized carbons (Fsp3) is 0.429. The minimum atomic E-state index is -0.0720. The third-order valence-corrected chi connectivity index (χ3v) is 3.49. The van der Waals surface area contributed by atoms with Crippen LogP contribution in [0.2, 0.25) is 0 Å². The molecule has 1 unspecified atom stereocenters. The quantitative estimate of drug-likeness (QED) is 0.331. The van der Waals surface area contributed by atoms with Gasteiger partial charge in [-0.25, -0.2) is 0 Å². The number of nitrogens with two attached hydrogens (primary N) is 1. The van der Waals surface area contributed by atoms with Crippen molar-refractivity contribution >= 4 is 11.7 Å². The Hall–Kier alpha value is -2.04. The molecule has 19 heavy (non-hydrogen) atoms. The van der Waals surface area contributed by atoms with Crippen LogP contribution in [0.25, 0.3) is 0 Å². The first-order valence-corrected chi connectivity index (χ1v) is 6.54. The first-order valence-electron chi connectivity index (χ1n) is 6.54. The van der Waals surface area contributed by atoms with E-state index in [0.29, 0.717) is 13.0 Å². The second-order valence-electron chi connectivity index (χ2n) is 4.78. The van der Waals surface area contributed by atoms with Crippen molar-refractivity contribution in [3.05, 3.63) is 35.4 Å². The molecule has 0 aliphatic heterocycles. The van der Waals surface area contributed by atoms with Gasteiger partial charge in [-0.15, -0.1) is 0 Å². The van der Waals surface area contributed by atoms with Crippen LogP contribution in [0, 0.1) is 0 Å². The number of amidine groups is 1. The van der Waals surface area contributed by atoms with Crippen molar-refractivity contribution in [3.63, 3.8) is 0 Å². The molecule has 102 valence electrons. The van der Waals surface area contributed by atoms with Gasteiger partial charge in [-0.1, -0.05) is 29.4 Å². The van der Waals surface area contributed by atoms with Crippen molar-refractivity contribution in [2.75, 3.05) is 6.54 Å². The lowest BCUT2D eigenvalue weighted by molar-refractivity contribution is -0.122. The molecule has 0 spiro atoms. The Bertz CT molecular complexity index is 485. The number of fused-ring (bicyclic) bond motifs is 1. The van der Waals surface area contributed by atoms with Crippen molar-refractivity contribution < 1.29 is 10.0 Å². The standard InChI is InChI=1S/C14H19N3O2/c15-13(17-19)8-9-16-14(18)12-7-3-5-10-4-1-2-6-11(10)12/h1-2,4,6,12,19H,3,5,7-9H2,(H2,15,17)(H,16,18). The SMILES string of the molecule is NC(CCNC(=O)C1CCCc2ccccc21)=NO. The molecule has 0 heterocycles. The Balaban J connectivity index is 1.97. The lowest BCUT2D eigenvalue weighted by Crippen LogP contribution is -2.33. The summed E-state index contributed by atoms with van der Waals surface area (Å²) in [6, 6.07) is 8.10. The second-order valence-corrected chi connectivity index (χ2v) is 4.78. The number of aryl methyl sites for hydroxylation is 1. The van der Waals surface area contributed by atoms with E-state index in [-0.39, 0.29) is 17.7 Å². The zero-order valence-electron chi connectivity index (χ0n) is 10.8. The summed E-state index contributed by atoms with van der Waals surface area (Å²) in [5, 5.41) is 14.2. The third-order valence-electron chi connectivity index (χ3n) is 3.49. The molecular weight excluding hydrogens is 242 g/mol. The van der Waals surface area contributed by atoms with Gasteiger partial charge in [-0.3, -0.25) is 4.79 Å². The summed E-state index contributed by atoms with van der Waals surface area (Å²) in [6.45, 7) is 0.396. The fourth-order valence-electron chi connectivity index (χ4n) is 2.51. The average molecular weight is 261 g/mol. The number of benzene rings is 1. The number of hydrogen-bond donors (Lipinski definition) is 3. The molecule has 1 atom stereocenters. The summed E-state index contributed by atoms with van der Waals surface area (Å²) in [4.78, 5) is 12.2. The summed E-state index contributed by atoms with van der Waals surface area (Å²) < 4.78 is 0. The Labute approximate surface area is 112 Å². The van der Waals surface area contributed by atoms with Crippen LogP contribution in [-0.2, 0) is 11.2 Å². The molecule has 2 rings (SSSR count). The van der Waals surface area contributed by atoms with Gasteiger partial charge in [0.05, 0.1) is 5.92 Å². The van der Waals surface area contributed by atoms with Crippen LogP contribution in [0.4, 0.5) is 0 Å². The molecule has 5 nitrogen and oxygen atoms in total. The van der Waals surface area contributed by atoms with Crippen LogP contribution in [0.3, 0.4) is 0 Å². The van der Waals surface area contributed by atoms with Crippen LogP contribution < -0.4 is 11.1 Å². The van der Waals surface area contributed by atoms with E-state index in [1.165, 1.54) is 5.56 Å². The maximum Gasteiger partial charge on any atom is 0.227 e. The van der Waals surface area contributed by atoms with Crippen LogP contribution in [0.1, 0.15) is 36.3 Å².